The minimum Gasteiger partial charge on any atom is -0.493 e. The number of sulfonamides is 1. The van der Waals surface area contributed by atoms with Crippen LogP contribution >= 0.6 is 0 Å². The smallest absolute Gasteiger partial charge is 0.270 e. The van der Waals surface area contributed by atoms with Gasteiger partial charge in [-0.05, 0) is 38.0 Å². The van der Waals surface area contributed by atoms with Crippen LogP contribution in [0.25, 0.3) is 0 Å². The first-order chi connectivity index (χ1) is 12.9. The third-order valence-corrected chi connectivity index (χ3v) is 6.52. The van der Waals surface area contributed by atoms with Crippen molar-refractivity contribution in [2.75, 3.05) is 19.7 Å². The zero-order valence-electron chi connectivity index (χ0n) is 15.1. The van der Waals surface area contributed by atoms with Gasteiger partial charge in [0, 0.05) is 31.1 Å². The number of aryl methyl sites for hydroxylation is 1. The third kappa shape index (κ3) is 4.64. The SMILES string of the molecule is Cc1ccc(OCC2CCCN(S(=O)(=O)c3cccc([N+](=O)[O-])c3)C2)cc1. The molecule has 0 spiro atoms. The molecular weight excluding hydrogens is 368 g/mol. The summed E-state index contributed by atoms with van der Waals surface area (Å²) in [7, 11) is -3.77. The first kappa shape index (κ1) is 19.3. The first-order valence-corrected chi connectivity index (χ1v) is 10.2. The number of non-ortho nitro benzene ring substituents is 1. The number of benzene rings is 2. The van der Waals surface area contributed by atoms with Crippen LogP contribution in [0.3, 0.4) is 0 Å². The van der Waals surface area contributed by atoms with Gasteiger partial charge in [-0.2, -0.15) is 4.31 Å². The van der Waals surface area contributed by atoms with Crippen LogP contribution in [-0.4, -0.2) is 37.3 Å². The Balaban J connectivity index is 1.68. The molecule has 8 heteroatoms. The van der Waals surface area contributed by atoms with Crippen LogP contribution in [0.1, 0.15) is 18.4 Å². The summed E-state index contributed by atoms with van der Waals surface area (Å²) in [6.45, 7) is 3.19. The molecule has 27 heavy (non-hydrogen) atoms. The van der Waals surface area contributed by atoms with Gasteiger partial charge in [0.1, 0.15) is 5.75 Å². The fraction of sp³-hybridized carbons (Fsp3) is 0.368. The van der Waals surface area contributed by atoms with Crippen LogP contribution in [0.5, 0.6) is 5.75 Å². The van der Waals surface area contributed by atoms with Crippen LogP contribution < -0.4 is 4.74 Å². The van der Waals surface area contributed by atoms with Gasteiger partial charge in [0.2, 0.25) is 10.0 Å². The van der Waals surface area contributed by atoms with E-state index in [1.807, 2.05) is 31.2 Å². The van der Waals surface area contributed by atoms with Crippen molar-refractivity contribution in [2.24, 2.45) is 5.92 Å². The molecule has 1 aliphatic rings. The minimum atomic E-state index is -3.77. The Morgan fingerprint density at radius 1 is 1.22 bits per heavy atom. The third-order valence-electron chi connectivity index (χ3n) is 4.65. The zero-order chi connectivity index (χ0) is 19.4. The van der Waals surface area contributed by atoms with Crippen molar-refractivity contribution in [1.29, 1.82) is 0 Å². The molecule has 1 heterocycles. The maximum Gasteiger partial charge on any atom is 0.270 e. The van der Waals surface area contributed by atoms with Crippen molar-refractivity contribution in [3.63, 3.8) is 0 Å². The van der Waals surface area contributed by atoms with Gasteiger partial charge in [-0.3, -0.25) is 10.1 Å². The van der Waals surface area contributed by atoms with Gasteiger partial charge in [-0.25, -0.2) is 8.42 Å². The second-order valence-electron chi connectivity index (χ2n) is 6.75. The molecule has 2 aromatic carbocycles. The summed E-state index contributed by atoms with van der Waals surface area (Å²) in [6, 6.07) is 12.9. The van der Waals surface area contributed by atoms with Crippen LogP contribution in [0.4, 0.5) is 5.69 Å². The van der Waals surface area contributed by atoms with Gasteiger partial charge in [-0.15, -0.1) is 0 Å². The molecule has 1 fully saturated rings. The molecule has 1 aliphatic heterocycles. The topological polar surface area (TPSA) is 89.8 Å². The summed E-state index contributed by atoms with van der Waals surface area (Å²) in [5.74, 6) is 0.841. The van der Waals surface area contributed by atoms with Crippen LogP contribution in [0, 0.1) is 23.0 Å². The van der Waals surface area contributed by atoms with E-state index in [2.05, 4.69) is 0 Å². The Morgan fingerprint density at radius 2 is 1.96 bits per heavy atom. The van der Waals surface area contributed by atoms with E-state index in [9.17, 15) is 18.5 Å². The lowest BCUT2D eigenvalue weighted by Crippen LogP contribution is -2.41. The summed E-state index contributed by atoms with van der Waals surface area (Å²) >= 11 is 0. The predicted molar refractivity (Wildman–Crippen MR) is 101 cm³/mol. The Bertz CT molecular complexity index is 912. The molecule has 0 aromatic heterocycles. The maximum absolute atomic E-state index is 12.9. The van der Waals surface area contributed by atoms with Gasteiger partial charge in [0.25, 0.3) is 5.69 Å². The van der Waals surface area contributed by atoms with Crippen LogP contribution in [0.2, 0.25) is 0 Å². The lowest BCUT2D eigenvalue weighted by atomic mass is 10.0. The molecule has 3 rings (SSSR count). The fourth-order valence-corrected chi connectivity index (χ4v) is 4.73. The number of nitro groups is 1. The van der Waals surface area contributed by atoms with Gasteiger partial charge in [0.15, 0.2) is 0 Å². The first-order valence-electron chi connectivity index (χ1n) is 8.80. The molecule has 0 N–H and O–H groups in total. The van der Waals surface area contributed by atoms with E-state index in [0.717, 1.165) is 30.2 Å². The van der Waals surface area contributed by atoms with Crippen molar-refractivity contribution in [1.82, 2.24) is 4.31 Å². The molecule has 0 bridgehead atoms. The van der Waals surface area contributed by atoms with Crippen molar-refractivity contribution >= 4 is 15.7 Å². The average Bonchev–Trinajstić information content (AvgIpc) is 2.68. The summed E-state index contributed by atoms with van der Waals surface area (Å²) in [4.78, 5) is 10.3. The molecule has 7 nitrogen and oxygen atoms in total. The average molecular weight is 390 g/mol. The monoisotopic (exact) mass is 390 g/mol. The van der Waals surface area contributed by atoms with E-state index < -0.39 is 14.9 Å². The van der Waals surface area contributed by atoms with Crippen LogP contribution in [0.15, 0.2) is 53.4 Å². The lowest BCUT2D eigenvalue weighted by Gasteiger charge is -2.31. The summed E-state index contributed by atoms with van der Waals surface area (Å²) in [5, 5.41) is 10.9. The number of hydrogen-bond donors (Lipinski definition) is 0. The lowest BCUT2D eigenvalue weighted by molar-refractivity contribution is -0.385. The van der Waals surface area contributed by atoms with E-state index in [4.69, 9.17) is 4.74 Å². The summed E-state index contributed by atoms with van der Waals surface area (Å²) in [6.07, 6.45) is 1.61. The van der Waals surface area contributed by atoms with Crippen molar-refractivity contribution in [2.45, 2.75) is 24.7 Å². The van der Waals surface area contributed by atoms with Gasteiger partial charge >= 0.3 is 0 Å². The second-order valence-corrected chi connectivity index (χ2v) is 8.69. The van der Waals surface area contributed by atoms with E-state index >= 15 is 0 Å². The second kappa shape index (κ2) is 8.06. The van der Waals surface area contributed by atoms with Crippen molar-refractivity contribution in [3.8, 4) is 5.75 Å². The maximum atomic E-state index is 12.9. The van der Waals surface area contributed by atoms with Crippen LogP contribution in [-0.2, 0) is 10.0 Å². The highest BCUT2D eigenvalue weighted by Crippen LogP contribution is 2.26. The molecule has 0 aliphatic carbocycles. The number of nitrogens with zero attached hydrogens (tertiary/aromatic N) is 2. The van der Waals surface area contributed by atoms with E-state index in [-0.39, 0.29) is 16.5 Å². The molecule has 0 radical (unpaired) electrons. The minimum absolute atomic E-state index is 0.0446. The van der Waals surface area contributed by atoms with Crippen molar-refractivity contribution < 1.29 is 18.1 Å². The highest BCUT2D eigenvalue weighted by atomic mass is 32.2. The van der Waals surface area contributed by atoms with Gasteiger partial charge in [-0.1, -0.05) is 23.8 Å². The zero-order valence-corrected chi connectivity index (χ0v) is 15.9. The molecule has 1 atom stereocenters. The molecular formula is C19H22N2O5S. The molecule has 0 amide bonds. The number of ether oxygens (including phenoxy) is 1. The normalized spacial score (nSPS) is 18.2. The van der Waals surface area contributed by atoms with Gasteiger partial charge < -0.3 is 4.74 Å². The van der Waals surface area contributed by atoms with E-state index in [1.165, 1.54) is 22.5 Å². The molecule has 144 valence electrons. The number of piperidine rings is 1. The Hall–Kier alpha value is -2.45. The van der Waals surface area contributed by atoms with Crippen molar-refractivity contribution in [3.05, 3.63) is 64.2 Å². The fourth-order valence-electron chi connectivity index (χ4n) is 3.14. The number of nitro benzene ring substituents is 1. The Kier molecular flexibility index (Phi) is 5.76. The predicted octanol–water partition coefficient (Wildman–Crippen LogP) is 3.38. The van der Waals surface area contributed by atoms with E-state index in [0.29, 0.717) is 19.7 Å². The molecule has 0 saturated carbocycles. The van der Waals surface area contributed by atoms with Gasteiger partial charge in [0.05, 0.1) is 16.4 Å². The quantitative estimate of drug-likeness (QED) is 0.557. The number of hydrogen-bond acceptors (Lipinski definition) is 5. The number of rotatable bonds is 6. The highest BCUT2D eigenvalue weighted by Gasteiger charge is 2.31. The molecule has 1 saturated heterocycles. The summed E-state index contributed by atoms with van der Waals surface area (Å²) < 4.78 is 33.0. The summed E-state index contributed by atoms with van der Waals surface area (Å²) in [5.41, 5.74) is 0.918. The largest absolute Gasteiger partial charge is 0.493 e. The Labute approximate surface area is 158 Å². The standard InChI is InChI=1S/C19H22N2O5S/c1-15-7-9-18(10-8-15)26-14-16-4-3-11-20(13-16)27(24,25)19-6-2-5-17(12-19)21(22)23/h2,5-10,12,16H,3-4,11,13-14H2,1H3. The Morgan fingerprint density at radius 3 is 2.67 bits per heavy atom. The van der Waals surface area contributed by atoms with E-state index in [1.54, 1.807) is 0 Å². The highest BCUT2D eigenvalue weighted by molar-refractivity contribution is 7.89. The molecule has 1 unspecified atom stereocenters. The molecule has 2 aromatic rings.